The number of rotatable bonds is 9. The molecular formula is C24H26N4O4. The summed E-state index contributed by atoms with van der Waals surface area (Å²) >= 11 is 0. The van der Waals surface area contributed by atoms with E-state index in [1.165, 1.54) is 7.11 Å². The third-order valence-corrected chi connectivity index (χ3v) is 4.87. The molecule has 1 atom stereocenters. The summed E-state index contributed by atoms with van der Waals surface area (Å²) in [5.41, 5.74) is 2.31. The molecular weight excluding hydrogens is 408 g/mol. The number of carbonyl (C=O) groups is 2. The maximum absolute atomic E-state index is 12.9. The van der Waals surface area contributed by atoms with Crippen molar-refractivity contribution in [3.63, 3.8) is 0 Å². The van der Waals surface area contributed by atoms with Crippen molar-refractivity contribution in [2.45, 2.75) is 19.4 Å². The number of nitrogens with one attached hydrogen (secondary N) is 2. The van der Waals surface area contributed by atoms with Gasteiger partial charge in [-0.25, -0.2) is 0 Å². The number of hydrogen-bond acceptors (Lipinski definition) is 5. The second-order valence-electron chi connectivity index (χ2n) is 7.05. The summed E-state index contributed by atoms with van der Waals surface area (Å²) in [6.07, 6.45) is 5.60. The average Bonchev–Trinajstić information content (AvgIpc) is 3.33. The SMILES string of the molecule is C=CCc1cc(C(=O)Nc2cccc(NC(=O)C(C)n3cccn3)c2)cc(OC)c1OC. The molecule has 8 heteroatoms. The van der Waals surface area contributed by atoms with E-state index in [1.54, 1.807) is 79.6 Å². The van der Waals surface area contributed by atoms with Crippen LogP contribution in [0.25, 0.3) is 0 Å². The standard InChI is InChI=1S/C24H26N4O4/c1-5-8-17-13-18(14-21(31-3)22(17)32-4)24(30)27-20-10-6-9-19(15-20)26-23(29)16(2)28-12-7-11-25-28/h5-7,9-16H,1,8H2,2-4H3,(H,26,29)(H,27,30). The fraction of sp³-hybridized carbons (Fsp3) is 0.208. The first kappa shape index (κ1) is 22.6. The second kappa shape index (κ2) is 10.3. The molecule has 0 aliphatic heterocycles. The molecule has 1 unspecified atom stereocenters. The van der Waals surface area contributed by atoms with Crippen LogP contribution < -0.4 is 20.1 Å². The summed E-state index contributed by atoms with van der Waals surface area (Å²) in [5.74, 6) is 0.501. The van der Waals surface area contributed by atoms with Crippen molar-refractivity contribution in [1.29, 1.82) is 0 Å². The minimum Gasteiger partial charge on any atom is -0.493 e. The highest BCUT2D eigenvalue weighted by molar-refractivity contribution is 6.05. The lowest BCUT2D eigenvalue weighted by atomic mass is 10.0. The van der Waals surface area contributed by atoms with Crippen molar-refractivity contribution in [3.05, 3.63) is 78.6 Å². The van der Waals surface area contributed by atoms with Crippen molar-refractivity contribution in [2.75, 3.05) is 24.9 Å². The van der Waals surface area contributed by atoms with Crippen LogP contribution in [0.1, 0.15) is 28.9 Å². The number of hydrogen-bond donors (Lipinski definition) is 2. The number of nitrogens with zero attached hydrogens (tertiary/aromatic N) is 2. The highest BCUT2D eigenvalue weighted by Crippen LogP contribution is 2.33. The number of allylic oxidation sites excluding steroid dienone is 1. The molecule has 166 valence electrons. The zero-order valence-electron chi connectivity index (χ0n) is 18.3. The Kier molecular flexibility index (Phi) is 7.28. The number of methoxy groups -OCH3 is 2. The van der Waals surface area contributed by atoms with Gasteiger partial charge in [-0.1, -0.05) is 12.1 Å². The van der Waals surface area contributed by atoms with Crippen LogP contribution in [0.4, 0.5) is 11.4 Å². The predicted molar refractivity (Wildman–Crippen MR) is 123 cm³/mol. The normalized spacial score (nSPS) is 11.3. The molecule has 0 saturated carbocycles. The molecule has 8 nitrogen and oxygen atoms in total. The van der Waals surface area contributed by atoms with Gasteiger partial charge >= 0.3 is 0 Å². The lowest BCUT2D eigenvalue weighted by molar-refractivity contribution is -0.119. The molecule has 2 aromatic carbocycles. The minimum absolute atomic E-state index is 0.217. The predicted octanol–water partition coefficient (Wildman–Crippen LogP) is 4.08. The Labute approximate surface area is 186 Å². The van der Waals surface area contributed by atoms with Gasteiger partial charge < -0.3 is 20.1 Å². The summed E-state index contributed by atoms with van der Waals surface area (Å²) < 4.78 is 12.4. The third kappa shape index (κ3) is 5.15. The molecule has 0 bridgehead atoms. The molecule has 32 heavy (non-hydrogen) atoms. The summed E-state index contributed by atoms with van der Waals surface area (Å²) in [6, 6.07) is 11.6. The van der Waals surface area contributed by atoms with Crippen molar-refractivity contribution in [2.24, 2.45) is 0 Å². The van der Waals surface area contributed by atoms with Gasteiger partial charge in [0.15, 0.2) is 11.5 Å². The molecule has 0 aliphatic rings. The zero-order valence-corrected chi connectivity index (χ0v) is 18.3. The van der Waals surface area contributed by atoms with Gasteiger partial charge in [0.05, 0.1) is 14.2 Å². The quantitative estimate of drug-likeness (QED) is 0.495. The first-order chi connectivity index (χ1) is 15.5. The zero-order chi connectivity index (χ0) is 23.1. The van der Waals surface area contributed by atoms with Gasteiger partial charge in [-0.15, -0.1) is 6.58 Å². The van der Waals surface area contributed by atoms with Crippen molar-refractivity contribution < 1.29 is 19.1 Å². The molecule has 2 N–H and O–H groups in total. The Bertz CT molecular complexity index is 1110. The van der Waals surface area contributed by atoms with Gasteiger partial charge in [-0.05, 0) is 49.7 Å². The summed E-state index contributed by atoms with van der Waals surface area (Å²) in [6.45, 7) is 5.51. The van der Waals surface area contributed by atoms with E-state index < -0.39 is 6.04 Å². The monoisotopic (exact) mass is 434 g/mol. The van der Waals surface area contributed by atoms with Crippen LogP contribution >= 0.6 is 0 Å². The fourth-order valence-electron chi connectivity index (χ4n) is 3.24. The Balaban J connectivity index is 1.76. The number of benzene rings is 2. The van der Waals surface area contributed by atoms with Crippen LogP contribution in [0.2, 0.25) is 0 Å². The molecule has 1 heterocycles. The van der Waals surface area contributed by atoms with Gasteiger partial charge in [0, 0.05) is 34.9 Å². The Morgan fingerprint density at radius 1 is 1.12 bits per heavy atom. The van der Waals surface area contributed by atoms with Crippen LogP contribution in [0.15, 0.2) is 67.5 Å². The Morgan fingerprint density at radius 3 is 2.50 bits per heavy atom. The molecule has 0 radical (unpaired) electrons. The van der Waals surface area contributed by atoms with Gasteiger partial charge in [0.1, 0.15) is 6.04 Å². The van der Waals surface area contributed by atoms with E-state index in [0.29, 0.717) is 34.9 Å². The Morgan fingerprint density at radius 2 is 1.88 bits per heavy atom. The molecule has 1 aromatic heterocycles. The minimum atomic E-state index is -0.474. The van der Waals surface area contributed by atoms with Gasteiger partial charge in [-0.2, -0.15) is 5.10 Å². The van der Waals surface area contributed by atoms with Crippen LogP contribution in [0.3, 0.4) is 0 Å². The summed E-state index contributed by atoms with van der Waals surface area (Å²) in [4.78, 5) is 25.4. The number of carbonyl (C=O) groups excluding carboxylic acids is 2. The van der Waals surface area contributed by atoms with Crippen molar-refractivity contribution in [3.8, 4) is 11.5 Å². The number of anilines is 2. The van der Waals surface area contributed by atoms with Crippen LogP contribution in [-0.4, -0.2) is 35.8 Å². The first-order valence-corrected chi connectivity index (χ1v) is 10.0. The topological polar surface area (TPSA) is 94.5 Å². The van der Waals surface area contributed by atoms with E-state index in [4.69, 9.17) is 9.47 Å². The lowest BCUT2D eigenvalue weighted by Crippen LogP contribution is -2.24. The Hall–Kier alpha value is -4.07. The highest BCUT2D eigenvalue weighted by atomic mass is 16.5. The van der Waals surface area contributed by atoms with Gasteiger partial charge in [-0.3, -0.25) is 14.3 Å². The second-order valence-corrected chi connectivity index (χ2v) is 7.05. The molecule has 0 aliphatic carbocycles. The van der Waals surface area contributed by atoms with E-state index in [0.717, 1.165) is 5.56 Å². The molecule has 0 saturated heterocycles. The molecule has 0 spiro atoms. The van der Waals surface area contributed by atoms with Crippen LogP contribution in [0.5, 0.6) is 11.5 Å². The molecule has 3 aromatic rings. The lowest BCUT2D eigenvalue weighted by Gasteiger charge is -2.15. The molecule has 0 fully saturated rings. The van der Waals surface area contributed by atoms with E-state index in [1.807, 2.05) is 0 Å². The third-order valence-electron chi connectivity index (χ3n) is 4.87. The summed E-state index contributed by atoms with van der Waals surface area (Å²) in [5, 5.41) is 9.79. The van der Waals surface area contributed by atoms with E-state index in [2.05, 4.69) is 22.3 Å². The molecule has 3 rings (SSSR count). The van der Waals surface area contributed by atoms with Crippen molar-refractivity contribution >= 4 is 23.2 Å². The number of aromatic nitrogens is 2. The van der Waals surface area contributed by atoms with E-state index >= 15 is 0 Å². The highest BCUT2D eigenvalue weighted by Gasteiger charge is 2.17. The first-order valence-electron chi connectivity index (χ1n) is 10.0. The fourth-order valence-corrected chi connectivity index (χ4v) is 3.24. The summed E-state index contributed by atoms with van der Waals surface area (Å²) in [7, 11) is 3.07. The van der Waals surface area contributed by atoms with Gasteiger partial charge in [0.2, 0.25) is 5.91 Å². The van der Waals surface area contributed by atoms with E-state index in [-0.39, 0.29) is 11.8 Å². The maximum Gasteiger partial charge on any atom is 0.255 e. The van der Waals surface area contributed by atoms with Crippen LogP contribution in [0, 0.1) is 0 Å². The maximum atomic E-state index is 12.9. The average molecular weight is 434 g/mol. The van der Waals surface area contributed by atoms with E-state index in [9.17, 15) is 9.59 Å². The van der Waals surface area contributed by atoms with Gasteiger partial charge in [0.25, 0.3) is 5.91 Å². The number of amides is 2. The smallest absolute Gasteiger partial charge is 0.255 e. The van der Waals surface area contributed by atoms with Crippen molar-refractivity contribution in [1.82, 2.24) is 9.78 Å². The number of ether oxygens (including phenoxy) is 2. The largest absolute Gasteiger partial charge is 0.493 e. The van der Waals surface area contributed by atoms with Crippen LogP contribution in [-0.2, 0) is 11.2 Å². The molecule has 2 amide bonds.